The molecule has 23 heavy (non-hydrogen) atoms. The summed E-state index contributed by atoms with van der Waals surface area (Å²) in [7, 11) is 0. The van der Waals surface area contributed by atoms with E-state index < -0.39 is 6.07 Å². The van der Waals surface area contributed by atoms with Crippen molar-refractivity contribution in [2.24, 2.45) is 0 Å². The van der Waals surface area contributed by atoms with Gasteiger partial charge in [0.1, 0.15) is 0 Å². The number of unbranched alkanes of at least 4 members (excludes halogenated alkanes) is 15. The Morgan fingerprint density at radius 3 is 1.22 bits per heavy atom. The number of hydrogen-bond donors (Lipinski definition) is 0. The van der Waals surface area contributed by atoms with Crippen LogP contribution in [0, 0.1) is 0 Å². The van der Waals surface area contributed by atoms with Gasteiger partial charge in [0.05, 0.1) is 6.61 Å². The van der Waals surface area contributed by atoms with Gasteiger partial charge >= 0.3 is 6.07 Å². The maximum Gasteiger partial charge on any atom is 0.380 e. The van der Waals surface area contributed by atoms with E-state index in [-0.39, 0.29) is 0 Å². The minimum Gasteiger partial charge on any atom is -0.306 e. The van der Waals surface area contributed by atoms with Crippen LogP contribution >= 0.6 is 28.6 Å². The summed E-state index contributed by atoms with van der Waals surface area (Å²) >= 11 is 10.6. The fraction of sp³-hybridized carbons (Fsp3) is 1.00. The van der Waals surface area contributed by atoms with Crippen molar-refractivity contribution in [2.45, 2.75) is 110 Å². The molecule has 0 aromatic rings. The summed E-state index contributed by atoms with van der Waals surface area (Å²) in [5, 5.41) is 0. The summed E-state index contributed by atoms with van der Waals surface area (Å²) in [5.74, 6) is 0. The molecule has 0 fully saturated rings. The monoisotopic (exact) mass is 386 g/mol. The van der Waals surface area contributed by atoms with Crippen LogP contribution in [-0.2, 0) is 9.09 Å². The lowest BCUT2D eigenvalue weighted by molar-refractivity contribution is 0.320. The molecule has 0 aliphatic carbocycles. The van der Waals surface area contributed by atoms with Crippen molar-refractivity contribution in [3.63, 3.8) is 0 Å². The third-order valence-corrected chi connectivity index (χ3v) is 5.31. The van der Waals surface area contributed by atoms with E-state index in [0.717, 1.165) is 12.8 Å². The van der Waals surface area contributed by atoms with Crippen LogP contribution in [0.3, 0.4) is 0 Å². The molecule has 0 heterocycles. The molecule has 5 heteroatoms. The second-order valence-electron chi connectivity index (χ2n) is 6.55. The second-order valence-corrected chi connectivity index (χ2v) is 10.8. The smallest absolute Gasteiger partial charge is 0.306 e. The third kappa shape index (κ3) is 22.8. The molecule has 0 bridgehead atoms. The van der Waals surface area contributed by atoms with Gasteiger partial charge in [-0.2, -0.15) is 0 Å². The average molecular weight is 387 g/mol. The molecule has 0 spiro atoms. The van der Waals surface area contributed by atoms with Crippen molar-refractivity contribution in [2.75, 3.05) is 6.61 Å². The van der Waals surface area contributed by atoms with Crippen molar-refractivity contribution in [1.29, 1.82) is 0 Å². The molecular formula is C18H37Cl2O2P. The van der Waals surface area contributed by atoms with E-state index in [1.165, 1.54) is 89.9 Å². The first kappa shape index (κ1) is 23.8. The van der Waals surface area contributed by atoms with Crippen molar-refractivity contribution >= 4 is 28.6 Å². The Morgan fingerprint density at radius 1 is 0.609 bits per heavy atom. The lowest BCUT2D eigenvalue weighted by Gasteiger charge is -2.05. The summed E-state index contributed by atoms with van der Waals surface area (Å²) in [6, 6.07) is 0. The molecule has 2 nitrogen and oxygen atoms in total. The zero-order chi connectivity index (χ0) is 17.2. The molecule has 0 N–H and O–H groups in total. The van der Waals surface area contributed by atoms with Crippen molar-refractivity contribution in [3.05, 3.63) is 0 Å². The third-order valence-electron chi connectivity index (χ3n) is 4.24. The molecule has 0 aliphatic heterocycles. The highest BCUT2D eigenvalue weighted by Gasteiger charge is 2.12. The van der Waals surface area contributed by atoms with Gasteiger partial charge in [-0.1, -0.05) is 103 Å². The van der Waals surface area contributed by atoms with Gasteiger partial charge in [-0.05, 0) is 28.9 Å². The average Bonchev–Trinajstić information content (AvgIpc) is 2.49. The Balaban J connectivity index is 3.01. The van der Waals surface area contributed by atoms with Gasteiger partial charge in [0.2, 0.25) is 0 Å². The zero-order valence-corrected chi connectivity index (χ0v) is 17.4. The molecule has 0 aromatic heterocycles. The minimum absolute atomic E-state index is 0.405. The van der Waals surface area contributed by atoms with Gasteiger partial charge in [-0.3, -0.25) is 4.57 Å². The van der Waals surface area contributed by atoms with E-state index in [9.17, 15) is 4.57 Å². The highest BCUT2D eigenvalue weighted by molar-refractivity contribution is 8.05. The first-order valence-corrected chi connectivity index (χ1v) is 13.1. The van der Waals surface area contributed by atoms with Crippen LogP contribution in [0.2, 0.25) is 0 Å². The quantitative estimate of drug-likeness (QED) is 0.173. The van der Waals surface area contributed by atoms with Crippen LogP contribution in [-0.4, -0.2) is 6.61 Å². The van der Waals surface area contributed by atoms with E-state index >= 15 is 0 Å². The molecule has 0 amide bonds. The topological polar surface area (TPSA) is 26.3 Å². The van der Waals surface area contributed by atoms with E-state index in [4.69, 9.17) is 27.0 Å². The molecule has 0 radical (unpaired) electrons. The van der Waals surface area contributed by atoms with Crippen LogP contribution in [0.5, 0.6) is 0 Å². The summed E-state index contributed by atoms with van der Waals surface area (Å²) in [5.41, 5.74) is 0. The van der Waals surface area contributed by atoms with E-state index in [1.807, 2.05) is 0 Å². The first-order chi connectivity index (χ1) is 11.1. The minimum atomic E-state index is -3.31. The lowest BCUT2D eigenvalue weighted by Crippen LogP contribution is -1.88. The van der Waals surface area contributed by atoms with Gasteiger partial charge in [0, 0.05) is 0 Å². The Kier molecular flexibility index (Phi) is 18.2. The molecule has 0 unspecified atom stereocenters. The molecular weight excluding hydrogens is 350 g/mol. The van der Waals surface area contributed by atoms with Crippen LogP contribution in [0.15, 0.2) is 0 Å². The molecule has 0 atom stereocenters. The van der Waals surface area contributed by atoms with Crippen molar-refractivity contribution in [3.8, 4) is 0 Å². The van der Waals surface area contributed by atoms with E-state index in [1.54, 1.807) is 0 Å². The summed E-state index contributed by atoms with van der Waals surface area (Å²) in [4.78, 5) is 0. The normalized spacial score (nSPS) is 12.0. The van der Waals surface area contributed by atoms with Crippen LogP contribution in [0.4, 0.5) is 0 Å². The Bertz CT molecular complexity index is 282. The predicted molar refractivity (Wildman–Crippen MR) is 105 cm³/mol. The fourth-order valence-corrected chi connectivity index (χ4v) is 3.58. The predicted octanol–water partition coefficient (Wildman–Crippen LogP) is 8.85. The Labute approximate surface area is 154 Å². The first-order valence-electron chi connectivity index (χ1n) is 9.70. The van der Waals surface area contributed by atoms with Crippen molar-refractivity contribution in [1.82, 2.24) is 0 Å². The second kappa shape index (κ2) is 17.6. The molecule has 0 saturated carbocycles. The fourth-order valence-electron chi connectivity index (χ4n) is 2.82. The zero-order valence-electron chi connectivity index (χ0n) is 15.0. The molecule has 0 aromatic carbocycles. The maximum atomic E-state index is 10.9. The summed E-state index contributed by atoms with van der Waals surface area (Å²) in [6.45, 7) is 2.68. The maximum absolute atomic E-state index is 10.9. The van der Waals surface area contributed by atoms with Gasteiger partial charge in [-0.25, -0.2) is 0 Å². The molecule has 0 aliphatic rings. The molecule has 0 saturated heterocycles. The highest BCUT2D eigenvalue weighted by atomic mass is 35.9. The van der Waals surface area contributed by atoms with Crippen LogP contribution in [0.25, 0.3) is 0 Å². The molecule has 140 valence electrons. The summed E-state index contributed by atoms with van der Waals surface area (Å²) in [6.07, 6.45) is 18.0. The van der Waals surface area contributed by atoms with Gasteiger partial charge in [0.25, 0.3) is 0 Å². The lowest BCUT2D eigenvalue weighted by atomic mass is 10.0. The van der Waals surface area contributed by atoms with Gasteiger partial charge in [-0.15, -0.1) is 0 Å². The molecule has 0 rings (SSSR count). The number of rotatable bonds is 18. The largest absolute Gasteiger partial charge is 0.380 e. The number of halogens is 2. The van der Waals surface area contributed by atoms with Crippen molar-refractivity contribution < 1.29 is 9.09 Å². The van der Waals surface area contributed by atoms with Crippen LogP contribution < -0.4 is 0 Å². The van der Waals surface area contributed by atoms with Gasteiger partial charge < -0.3 is 4.52 Å². The Morgan fingerprint density at radius 2 is 0.913 bits per heavy atom. The SMILES string of the molecule is CCCCCCCCCCCCCCCCCCOP(=O)(Cl)Cl. The standard InChI is InChI=1S/C18H37Cl2O2P/c1-2-3-4-5-6-7-8-9-10-11-12-13-14-15-16-17-18-22-23(19,20)21/h2-18H2,1H3. The van der Waals surface area contributed by atoms with E-state index in [0.29, 0.717) is 6.61 Å². The summed E-state index contributed by atoms with van der Waals surface area (Å²) < 4.78 is 15.7. The Hall–Kier alpha value is 0.770. The highest BCUT2D eigenvalue weighted by Crippen LogP contribution is 2.57. The van der Waals surface area contributed by atoms with Gasteiger partial charge in [0.15, 0.2) is 0 Å². The number of hydrogen-bond acceptors (Lipinski definition) is 2. The van der Waals surface area contributed by atoms with Crippen LogP contribution in [0.1, 0.15) is 110 Å². The van der Waals surface area contributed by atoms with E-state index in [2.05, 4.69) is 6.92 Å².